The third-order valence-corrected chi connectivity index (χ3v) is 1.03. The van der Waals surface area contributed by atoms with E-state index in [1.807, 2.05) is 0 Å². The minimum absolute atomic E-state index is 0.278. The molecule has 0 spiro atoms. The van der Waals surface area contributed by atoms with Gasteiger partial charge in [-0.25, -0.2) is 0 Å². The topological polar surface area (TPSA) is 26.3 Å². The van der Waals surface area contributed by atoms with E-state index in [2.05, 4.69) is 4.74 Å². The van der Waals surface area contributed by atoms with Crippen LogP contribution < -0.4 is 0 Å². The number of esters is 1. The van der Waals surface area contributed by atoms with Crippen LogP contribution in [0.2, 0.25) is 0 Å². The zero-order chi connectivity index (χ0) is 7.11. The van der Waals surface area contributed by atoms with Crippen LogP contribution in [-0.4, -0.2) is 18.5 Å². The van der Waals surface area contributed by atoms with Crippen LogP contribution >= 0.6 is 11.6 Å². The van der Waals surface area contributed by atoms with E-state index >= 15 is 0 Å². The van der Waals surface area contributed by atoms with Gasteiger partial charge in [-0.05, 0) is 6.42 Å². The van der Waals surface area contributed by atoms with E-state index in [0.717, 1.165) is 6.42 Å². The number of hydrogen-bond acceptors (Lipinski definition) is 2. The summed E-state index contributed by atoms with van der Waals surface area (Å²) in [5.41, 5.74) is 0. The predicted molar refractivity (Wildman–Crippen MR) is 36.3 cm³/mol. The van der Waals surface area contributed by atoms with Crippen LogP contribution in [0.1, 0.15) is 13.3 Å². The highest BCUT2D eigenvalue weighted by Gasteiger charge is 1.95. The predicted octanol–water partition coefficient (Wildman–Crippen LogP) is 1.38. The summed E-state index contributed by atoms with van der Waals surface area (Å²) in [6.45, 7) is 2.07. The van der Waals surface area contributed by atoms with Crippen molar-refractivity contribution in [2.75, 3.05) is 12.5 Å². The molecule has 0 fully saturated rings. The Balaban J connectivity index is 2.97. The molecular weight excluding hydrogens is 140 g/mol. The molecule has 0 unspecified atom stereocenters. The Morgan fingerprint density at radius 1 is 1.78 bits per heavy atom. The van der Waals surface area contributed by atoms with Gasteiger partial charge >= 0.3 is 5.97 Å². The summed E-state index contributed by atoms with van der Waals surface area (Å²) in [7, 11) is 0. The molecule has 0 N–H and O–H groups in total. The molecule has 0 atom stereocenters. The molecular formula is C6H10ClO2. The van der Waals surface area contributed by atoms with Gasteiger partial charge in [-0.3, -0.25) is 4.79 Å². The number of carbonyl (C=O) groups excluding carboxylic acids is 1. The molecule has 0 aromatic heterocycles. The summed E-state index contributed by atoms with van der Waals surface area (Å²) in [6, 6.07) is 0. The van der Waals surface area contributed by atoms with Gasteiger partial charge < -0.3 is 4.74 Å². The third-order valence-electron chi connectivity index (χ3n) is 0.758. The molecule has 0 aliphatic rings. The first-order chi connectivity index (χ1) is 4.31. The Hall–Kier alpha value is -0.240. The molecule has 0 aromatic carbocycles. The van der Waals surface area contributed by atoms with Crippen molar-refractivity contribution in [1.82, 2.24) is 0 Å². The highest BCUT2D eigenvalue weighted by Crippen LogP contribution is 1.88. The normalized spacial score (nSPS) is 9.11. The molecule has 0 saturated carbocycles. The number of rotatable bonds is 4. The molecule has 0 amide bonds. The van der Waals surface area contributed by atoms with Crippen LogP contribution in [0.5, 0.6) is 0 Å². The van der Waals surface area contributed by atoms with Crippen LogP contribution in [-0.2, 0) is 9.53 Å². The molecule has 0 aliphatic carbocycles. The van der Waals surface area contributed by atoms with E-state index in [1.54, 1.807) is 6.92 Å². The molecule has 0 saturated heterocycles. The van der Waals surface area contributed by atoms with Gasteiger partial charge in [0.25, 0.3) is 0 Å². The second-order valence-electron chi connectivity index (χ2n) is 1.50. The number of ether oxygens (including phenoxy) is 1. The number of hydrogen-bond donors (Lipinski definition) is 0. The van der Waals surface area contributed by atoms with Crippen LogP contribution in [0, 0.1) is 6.42 Å². The van der Waals surface area contributed by atoms with Gasteiger partial charge in [-0.1, -0.05) is 6.92 Å². The molecule has 0 bridgehead atoms. The van der Waals surface area contributed by atoms with Crippen LogP contribution in [0.3, 0.4) is 0 Å². The molecule has 2 nitrogen and oxygen atoms in total. The van der Waals surface area contributed by atoms with E-state index in [-0.39, 0.29) is 5.97 Å². The van der Waals surface area contributed by atoms with E-state index in [4.69, 9.17) is 11.6 Å². The number of halogens is 1. The zero-order valence-corrected chi connectivity index (χ0v) is 6.15. The van der Waals surface area contributed by atoms with E-state index in [9.17, 15) is 4.79 Å². The van der Waals surface area contributed by atoms with Crippen molar-refractivity contribution >= 4 is 17.6 Å². The van der Waals surface area contributed by atoms with Gasteiger partial charge in [0.2, 0.25) is 0 Å². The molecule has 0 rings (SSSR count). The summed E-state index contributed by atoms with van der Waals surface area (Å²) in [5.74, 6) is 0.261. The van der Waals surface area contributed by atoms with Crippen molar-refractivity contribution in [1.29, 1.82) is 0 Å². The van der Waals surface area contributed by atoms with Crippen molar-refractivity contribution in [3.05, 3.63) is 6.42 Å². The lowest BCUT2D eigenvalue weighted by atomic mass is 10.5. The lowest BCUT2D eigenvalue weighted by Crippen LogP contribution is -2.04. The summed E-state index contributed by atoms with van der Waals surface area (Å²) in [5, 5.41) is 0. The highest BCUT2D eigenvalue weighted by molar-refractivity contribution is 6.17. The fourth-order valence-corrected chi connectivity index (χ4v) is 0.420. The van der Waals surface area contributed by atoms with Gasteiger partial charge in [-0.15, -0.1) is 11.6 Å². The third kappa shape index (κ3) is 5.63. The van der Waals surface area contributed by atoms with Crippen molar-refractivity contribution in [2.24, 2.45) is 0 Å². The molecule has 0 aromatic rings. The lowest BCUT2D eigenvalue weighted by molar-refractivity contribution is -0.139. The first-order valence-electron chi connectivity index (χ1n) is 2.83. The fraction of sp³-hybridized carbons (Fsp3) is 0.667. The van der Waals surface area contributed by atoms with E-state index in [0.29, 0.717) is 12.5 Å². The molecule has 9 heavy (non-hydrogen) atoms. The molecule has 0 aliphatic heterocycles. The molecule has 3 heteroatoms. The van der Waals surface area contributed by atoms with Crippen molar-refractivity contribution in [3.63, 3.8) is 0 Å². The average molecular weight is 150 g/mol. The van der Waals surface area contributed by atoms with Gasteiger partial charge in [0.05, 0.1) is 13.0 Å². The second-order valence-corrected chi connectivity index (χ2v) is 1.88. The SMILES string of the molecule is C[CH]C(=O)OCCCCl. The maximum Gasteiger partial charge on any atom is 0.309 e. The number of carbonyl (C=O) groups is 1. The van der Waals surface area contributed by atoms with Gasteiger partial charge in [-0.2, -0.15) is 0 Å². The van der Waals surface area contributed by atoms with Crippen molar-refractivity contribution in [3.8, 4) is 0 Å². The highest BCUT2D eigenvalue weighted by atomic mass is 35.5. The zero-order valence-electron chi connectivity index (χ0n) is 5.39. The van der Waals surface area contributed by atoms with Gasteiger partial charge in [0.1, 0.15) is 0 Å². The van der Waals surface area contributed by atoms with Crippen molar-refractivity contribution < 1.29 is 9.53 Å². The van der Waals surface area contributed by atoms with Crippen LogP contribution in [0.4, 0.5) is 0 Å². The van der Waals surface area contributed by atoms with Gasteiger partial charge in [0, 0.05) is 5.88 Å². The first-order valence-corrected chi connectivity index (χ1v) is 3.36. The first kappa shape index (κ1) is 8.76. The Morgan fingerprint density at radius 2 is 2.44 bits per heavy atom. The van der Waals surface area contributed by atoms with E-state index in [1.165, 1.54) is 6.42 Å². The van der Waals surface area contributed by atoms with Crippen molar-refractivity contribution in [2.45, 2.75) is 13.3 Å². The average Bonchev–Trinajstić information content (AvgIpc) is 1.89. The Morgan fingerprint density at radius 3 is 2.89 bits per heavy atom. The van der Waals surface area contributed by atoms with Gasteiger partial charge in [0.15, 0.2) is 0 Å². The Kier molecular flexibility index (Phi) is 5.73. The number of alkyl halides is 1. The molecule has 0 heterocycles. The quantitative estimate of drug-likeness (QED) is 0.343. The Bertz CT molecular complexity index is 83.1. The minimum atomic E-state index is -0.278. The summed E-state index contributed by atoms with van der Waals surface area (Å²) in [6.07, 6.45) is 2.11. The monoisotopic (exact) mass is 149 g/mol. The summed E-state index contributed by atoms with van der Waals surface area (Å²) in [4.78, 5) is 10.4. The minimum Gasteiger partial charge on any atom is -0.465 e. The molecule has 1 radical (unpaired) electrons. The lowest BCUT2D eigenvalue weighted by Gasteiger charge is -1.98. The van der Waals surface area contributed by atoms with Crippen LogP contribution in [0.25, 0.3) is 0 Å². The molecule has 53 valence electrons. The largest absolute Gasteiger partial charge is 0.465 e. The standard InChI is InChI=1S/C6H10ClO2/c1-2-6(8)9-5-3-4-7/h2H,3-5H2,1H3. The smallest absolute Gasteiger partial charge is 0.309 e. The summed E-state index contributed by atoms with van der Waals surface area (Å²) >= 11 is 5.33. The van der Waals surface area contributed by atoms with Crippen LogP contribution in [0.15, 0.2) is 0 Å². The maximum absolute atomic E-state index is 10.4. The second kappa shape index (κ2) is 5.89. The van der Waals surface area contributed by atoms with E-state index < -0.39 is 0 Å². The summed E-state index contributed by atoms with van der Waals surface area (Å²) < 4.78 is 4.65. The fourth-order valence-electron chi connectivity index (χ4n) is 0.311. The maximum atomic E-state index is 10.4. The Labute approximate surface area is 60.1 Å².